The number of carboxylic acids is 1. The fraction of sp³-hybridized carbons (Fsp3) is 0.321. The van der Waals surface area contributed by atoms with Crippen molar-refractivity contribution in [2.75, 3.05) is 13.2 Å². The van der Waals surface area contributed by atoms with E-state index in [-0.39, 0.29) is 18.0 Å². The number of aromatic hydroxyl groups is 1. The van der Waals surface area contributed by atoms with Gasteiger partial charge in [-0.25, -0.2) is 4.39 Å². The van der Waals surface area contributed by atoms with Crippen molar-refractivity contribution >= 4 is 5.97 Å². The summed E-state index contributed by atoms with van der Waals surface area (Å²) < 4.78 is 25.1. The molecule has 2 N–H and O–H groups in total. The smallest absolute Gasteiger partial charge is 0.304 e. The summed E-state index contributed by atoms with van der Waals surface area (Å²) >= 11 is 0. The van der Waals surface area contributed by atoms with Gasteiger partial charge in [0.15, 0.2) is 0 Å². The number of benzene rings is 3. The molecule has 3 rings (SSSR count). The molecule has 0 aliphatic rings. The summed E-state index contributed by atoms with van der Waals surface area (Å²) in [4.78, 5) is 11.2. The van der Waals surface area contributed by atoms with E-state index in [2.05, 4.69) is 0 Å². The first-order valence-electron chi connectivity index (χ1n) is 11.4. The SMILES string of the molecule is CCc1cc(-c2ccc(F)cc2)c(O)cc1OCCCOc1ccccc1C(C)(C)CC(=O)O. The van der Waals surface area contributed by atoms with Crippen molar-refractivity contribution in [2.45, 2.75) is 45.4 Å². The number of aliphatic carboxylic acids is 1. The highest BCUT2D eigenvalue weighted by Gasteiger charge is 2.27. The van der Waals surface area contributed by atoms with E-state index in [0.29, 0.717) is 43.1 Å². The van der Waals surface area contributed by atoms with Gasteiger partial charge in [0.1, 0.15) is 23.1 Å². The van der Waals surface area contributed by atoms with Crippen LogP contribution >= 0.6 is 0 Å². The lowest BCUT2D eigenvalue weighted by Gasteiger charge is -2.25. The molecule has 6 heteroatoms. The molecule has 0 atom stereocenters. The molecule has 0 amide bonds. The number of aryl methyl sites for hydroxylation is 1. The number of phenolic OH excluding ortho intramolecular Hbond substituents is 1. The molecule has 3 aromatic carbocycles. The number of carboxylic acid groups (broad SMARTS) is 1. The van der Waals surface area contributed by atoms with Gasteiger partial charge in [-0.15, -0.1) is 0 Å². The zero-order valence-corrected chi connectivity index (χ0v) is 19.8. The quantitative estimate of drug-likeness (QED) is 0.322. The van der Waals surface area contributed by atoms with Crippen LogP contribution < -0.4 is 9.47 Å². The molecule has 0 saturated heterocycles. The highest BCUT2D eigenvalue weighted by molar-refractivity contribution is 5.72. The molecule has 180 valence electrons. The zero-order chi connectivity index (χ0) is 24.7. The largest absolute Gasteiger partial charge is 0.507 e. The topological polar surface area (TPSA) is 76.0 Å². The molecule has 0 spiro atoms. The van der Waals surface area contributed by atoms with Crippen LogP contribution in [0.1, 0.15) is 44.7 Å². The summed E-state index contributed by atoms with van der Waals surface area (Å²) in [5.41, 5.74) is 2.61. The molecule has 3 aromatic rings. The summed E-state index contributed by atoms with van der Waals surface area (Å²) in [6.07, 6.45) is 1.33. The maximum atomic E-state index is 13.2. The van der Waals surface area contributed by atoms with Crippen LogP contribution in [0.25, 0.3) is 11.1 Å². The Bertz CT molecular complexity index is 1120. The van der Waals surface area contributed by atoms with Crippen LogP contribution in [0.3, 0.4) is 0 Å². The third kappa shape index (κ3) is 6.28. The van der Waals surface area contributed by atoms with Crippen LogP contribution in [-0.4, -0.2) is 29.4 Å². The van der Waals surface area contributed by atoms with Gasteiger partial charge in [0.25, 0.3) is 0 Å². The second kappa shape index (κ2) is 11.1. The Balaban J connectivity index is 1.61. The maximum absolute atomic E-state index is 13.2. The normalized spacial score (nSPS) is 11.3. The van der Waals surface area contributed by atoms with Crippen LogP contribution in [0.15, 0.2) is 60.7 Å². The number of carbonyl (C=O) groups is 1. The van der Waals surface area contributed by atoms with Gasteiger partial charge in [0.05, 0.1) is 19.6 Å². The third-order valence-corrected chi connectivity index (χ3v) is 5.73. The second-order valence-electron chi connectivity index (χ2n) is 8.84. The van der Waals surface area contributed by atoms with Crippen molar-refractivity contribution < 1.29 is 28.9 Å². The predicted octanol–water partition coefficient (Wildman–Crippen LogP) is 6.36. The molecule has 0 aromatic heterocycles. The number of hydrogen-bond acceptors (Lipinski definition) is 4. The summed E-state index contributed by atoms with van der Waals surface area (Å²) in [6.45, 7) is 6.58. The van der Waals surface area contributed by atoms with Crippen molar-refractivity contribution in [1.82, 2.24) is 0 Å². The minimum absolute atomic E-state index is 0.00763. The molecule has 0 aliphatic heterocycles. The zero-order valence-electron chi connectivity index (χ0n) is 19.8. The second-order valence-corrected chi connectivity index (χ2v) is 8.84. The Hall–Kier alpha value is -3.54. The van der Waals surface area contributed by atoms with Gasteiger partial charge in [-0.2, -0.15) is 0 Å². The predicted molar refractivity (Wildman–Crippen MR) is 130 cm³/mol. The van der Waals surface area contributed by atoms with E-state index in [1.54, 1.807) is 18.2 Å². The van der Waals surface area contributed by atoms with Gasteiger partial charge < -0.3 is 19.7 Å². The fourth-order valence-electron chi connectivity index (χ4n) is 3.93. The number of rotatable bonds is 11. The van der Waals surface area contributed by atoms with Crippen LogP contribution in [0.2, 0.25) is 0 Å². The first-order chi connectivity index (χ1) is 16.2. The van der Waals surface area contributed by atoms with E-state index < -0.39 is 11.4 Å². The van der Waals surface area contributed by atoms with E-state index in [4.69, 9.17) is 9.47 Å². The van der Waals surface area contributed by atoms with Gasteiger partial charge in [-0.1, -0.05) is 51.1 Å². The monoisotopic (exact) mass is 466 g/mol. The fourth-order valence-corrected chi connectivity index (χ4v) is 3.93. The molecular formula is C28H31FO5. The first kappa shape index (κ1) is 25.1. The number of halogens is 1. The van der Waals surface area contributed by atoms with Crippen LogP contribution in [-0.2, 0) is 16.6 Å². The van der Waals surface area contributed by atoms with Crippen molar-refractivity contribution in [2.24, 2.45) is 0 Å². The molecule has 0 aliphatic carbocycles. The number of phenols is 1. The lowest BCUT2D eigenvalue weighted by atomic mass is 9.81. The molecule has 34 heavy (non-hydrogen) atoms. The average molecular weight is 467 g/mol. The first-order valence-corrected chi connectivity index (χ1v) is 11.4. The summed E-state index contributed by atoms with van der Waals surface area (Å²) in [5.74, 6) is 0.172. The van der Waals surface area contributed by atoms with E-state index in [1.807, 2.05) is 51.1 Å². The van der Waals surface area contributed by atoms with Crippen LogP contribution in [0, 0.1) is 5.82 Å². The average Bonchev–Trinajstić information content (AvgIpc) is 2.79. The molecule has 0 fully saturated rings. The van der Waals surface area contributed by atoms with E-state index >= 15 is 0 Å². The molecular weight excluding hydrogens is 435 g/mol. The molecule has 5 nitrogen and oxygen atoms in total. The number of hydrogen-bond donors (Lipinski definition) is 2. The molecule has 0 bridgehead atoms. The van der Waals surface area contributed by atoms with Crippen LogP contribution in [0.4, 0.5) is 4.39 Å². The lowest BCUT2D eigenvalue weighted by Crippen LogP contribution is -2.22. The minimum Gasteiger partial charge on any atom is -0.507 e. The van der Waals surface area contributed by atoms with E-state index in [0.717, 1.165) is 16.7 Å². The van der Waals surface area contributed by atoms with Crippen molar-refractivity contribution in [1.29, 1.82) is 0 Å². The Morgan fingerprint density at radius 3 is 2.26 bits per heavy atom. The van der Waals surface area contributed by atoms with Crippen molar-refractivity contribution in [3.63, 3.8) is 0 Å². The minimum atomic E-state index is -0.853. The summed E-state index contributed by atoms with van der Waals surface area (Å²) in [5, 5.41) is 19.7. The van der Waals surface area contributed by atoms with Gasteiger partial charge in [0, 0.05) is 29.0 Å². The third-order valence-electron chi connectivity index (χ3n) is 5.73. The molecule has 0 heterocycles. The highest BCUT2D eigenvalue weighted by Crippen LogP contribution is 2.36. The maximum Gasteiger partial charge on any atom is 0.304 e. The molecule has 0 radical (unpaired) electrons. The Morgan fingerprint density at radius 2 is 1.62 bits per heavy atom. The van der Waals surface area contributed by atoms with E-state index in [1.165, 1.54) is 12.1 Å². The Morgan fingerprint density at radius 1 is 0.971 bits per heavy atom. The number of ether oxygens (including phenoxy) is 2. The van der Waals surface area contributed by atoms with Gasteiger partial charge >= 0.3 is 5.97 Å². The highest BCUT2D eigenvalue weighted by atomic mass is 19.1. The van der Waals surface area contributed by atoms with Crippen LogP contribution in [0.5, 0.6) is 17.2 Å². The Kier molecular flexibility index (Phi) is 8.16. The lowest BCUT2D eigenvalue weighted by molar-refractivity contribution is -0.138. The van der Waals surface area contributed by atoms with Crippen molar-refractivity contribution in [3.8, 4) is 28.4 Å². The van der Waals surface area contributed by atoms with Gasteiger partial charge in [-0.3, -0.25) is 4.79 Å². The van der Waals surface area contributed by atoms with Gasteiger partial charge in [-0.05, 0) is 41.8 Å². The standard InChI is InChI=1S/C28H31FO5/c1-4-19-16-22(20-10-12-21(29)13-11-20)24(30)17-26(19)34-15-7-14-33-25-9-6-5-8-23(25)28(2,3)18-27(31)32/h5-6,8-13,16-17,30H,4,7,14-15,18H2,1-3H3,(H,31,32). The summed E-state index contributed by atoms with van der Waals surface area (Å²) in [6, 6.07) is 17.0. The van der Waals surface area contributed by atoms with E-state index in [9.17, 15) is 19.4 Å². The Labute approximate surface area is 199 Å². The molecule has 0 saturated carbocycles. The molecule has 0 unspecified atom stereocenters. The summed E-state index contributed by atoms with van der Waals surface area (Å²) in [7, 11) is 0. The van der Waals surface area contributed by atoms with Gasteiger partial charge in [0.2, 0.25) is 0 Å². The number of para-hydroxylation sites is 1. The van der Waals surface area contributed by atoms with Crippen molar-refractivity contribution in [3.05, 3.63) is 77.6 Å².